The summed E-state index contributed by atoms with van der Waals surface area (Å²) in [6, 6.07) is 16.2. The Kier molecular flexibility index (Phi) is 4.45. The molecule has 1 unspecified atom stereocenters. The minimum absolute atomic E-state index is 0.0217. The van der Waals surface area contributed by atoms with Gasteiger partial charge in [0.15, 0.2) is 0 Å². The minimum atomic E-state index is -0.715. The van der Waals surface area contributed by atoms with E-state index in [2.05, 4.69) is 24.1 Å². The molecule has 0 aliphatic carbocycles. The number of benzene rings is 2. The Bertz CT molecular complexity index is 811. The van der Waals surface area contributed by atoms with Gasteiger partial charge < -0.3 is 14.4 Å². The summed E-state index contributed by atoms with van der Waals surface area (Å²) in [5, 5.41) is 0. The molecule has 4 nitrogen and oxygen atoms in total. The topological polar surface area (TPSA) is 38.8 Å². The van der Waals surface area contributed by atoms with Gasteiger partial charge in [-0.3, -0.25) is 4.79 Å². The molecule has 2 aliphatic heterocycles. The molecule has 0 bridgehead atoms. The zero-order chi connectivity index (χ0) is 18.1. The fourth-order valence-corrected chi connectivity index (χ4v) is 3.99. The third-order valence-corrected chi connectivity index (χ3v) is 5.45. The molecule has 0 radical (unpaired) electrons. The van der Waals surface area contributed by atoms with Crippen LogP contribution in [0.1, 0.15) is 31.7 Å². The summed E-state index contributed by atoms with van der Waals surface area (Å²) in [5.41, 5.74) is 2.53. The van der Waals surface area contributed by atoms with Crippen molar-refractivity contribution in [2.45, 2.75) is 37.9 Å². The molecule has 2 heterocycles. The first-order valence-electron chi connectivity index (χ1n) is 9.31. The van der Waals surface area contributed by atoms with Crippen molar-refractivity contribution in [3.63, 3.8) is 0 Å². The van der Waals surface area contributed by atoms with Gasteiger partial charge in [-0.1, -0.05) is 42.5 Å². The lowest BCUT2D eigenvalue weighted by Crippen LogP contribution is -2.39. The van der Waals surface area contributed by atoms with Gasteiger partial charge in [0.05, 0.1) is 6.42 Å². The number of likely N-dealkylation sites (tertiary alicyclic amines) is 1. The molecule has 1 atom stereocenters. The van der Waals surface area contributed by atoms with Crippen molar-refractivity contribution in [2.75, 3.05) is 20.1 Å². The van der Waals surface area contributed by atoms with E-state index >= 15 is 0 Å². The van der Waals surface area contributed by atoms with Gasteiger partial charge in [0.2, 0.25) is 0 Å². The molecular formula is C22H25NO3. The molecular weight excluding hydrogens is 326 g/mol. The number of nitrogens with zero attached hydrogens (tertiary/aromatic N) is 1. The number of carbonyl (C=O) groups is 1. The standard InChI is InChI=1S/C22H25NO3/c1-22(15-21(24)25-16-11-13-23(2)14-12-16)19-9-5-3-7-17(19)18-8-4-6-10-20(18)26-22/h3-10,16H,11-15H2,1-2H3. The predicted octanol–water partition coefficient (Wildman–Crippen LogP) is 3.99. The van der Waals surface area contributed by atoms with E-state index in [0.717, 1.165) is 48.4 Å². The molecule has 0 N–H and O–H groups in total. The van der Waals surface area contributed by atoms with Gasteiger partial charge in [0.25, 0.3) is 0 Å². The van der Waals surface area contributed by atoms with E-state index in [9.17, 15) is 4.79 Å². The maximum Gasteiger partial charge on any atom is 0.310 e. The SMILES string of the molecule is CN1CCC(OC(=O)CC2(C)Oc3ccccc3-c3ccccc32)CC1. The van der Waals surface area contributed by atoms with Gasteiger partial charge in [-0.2, -0.15) is 0 Å². The van der Waals surface area contributed by atoms with Crippen LogP contribution in [-0.4, -0.2) is 37.1 Å². The fourth-order valence-electron chi connectivity index (χ4n) is 3.99. The summed E-state index contributed by atoms with van der Waals surface area (Å²) in [6.45, 7) is 3.93. The Balaban J connectivity index is 1.55. The van der Waals surface area contributed by atoms with Gasteiger partial charge in [-0.15, -0.1) is 0 Å². The van der Waals surface area contributed by atoms with Crippen LogP contribution >= 0.6 is 0 Å². The monoisotopic (exact) mass is 351 g/mol. The van der Waals surface area contributed by atoms with Gasteiger partial charge in [-0.25, -0.2) is 0 Å². The molecule has 0 aromatic heterocycles. The van der Waals surface area contributed by atoms with Crippen molar-refractivity contribution in [2.24, 2.45) is 0 Å². The second kappa shape index (κ2) is 6.76. The summed E-state index contributed by atoms with van der Waals surface area (Å²) in [4.78, 5) is 14.9. The van der Waals surface area contributed by atoms with Crippen molar-refractivity contribution < 1.29 is 14.3 Å². The summed E-state index contributed by atoms with van der Waals surface area (Å²) >= 11 is 0. The third kappa shape index (κ3) is 3.21. The van der Waals surface area contributed by atoms with Crippen molar-refractivity contribution >= 4 is 5.97 Å². The van der Waals surface area contributed by atoms with Gasteiger partial charge in [0, 0.05) is 24.2 Å². The summed E-state index contributed by atoms with van der Waals surface area (Å²) in [7, 11) is 2.10. The lowest BCUT2D eigenvalue weighted by Gasteiger charge is -2.37. The molecule has 1 fully saturated rings. The molecule has 0 amide bonds. The minimum Gasteiger partial charge on any atom is -0.482 e. The Morgan fingerprint density at radius 2 is 1.77 bits per heavy atom. The Labute approximate surface area is 154 Å². The number of rotatable bonds is 3. The number of hydrogen-bond donors (Lipinski definition) is 0. The lowest BCUT2D eigenvalue weighted by molar-refractivity contribution is -0.155. The number of ether oxygens (including phenoxy) is 2. The summed E-state index contributed by atoms with van der Waals surface area (Å²) in [6.07, 6.45) is 2.04. The largest absolute Gasteiger partial charge is 0.482 e. The van der Waals surface area contributed by atoms with E-state index in [1.165, 1.54) is 0 Å². The van der Waals surface area contributed by atoms with Crippen molar-refractivity contribution in [1.82, 2.24) is 4.90 Å². The molecule has 2 aliphatic rings. The summed E-state index contributed by atoms with van der Waals surface area (Å²) < 4.78 is 12.1. The van der Waals surface area contributed by atoms with E-state index in [-0.39, 0.29) is 18.5 Å². The number of para-hydroxylation sites is 1. The second-order valence-corrected chi connectivity index (χ2v) is 7.54. The van der Waals surface area contributed by atoms with Gasteiger partial charge >= 0.3 is 5.97 Å². The zero-order valence-electron chi connectivity index (χ0n) is 15.4. The Hall–Kier alpha value is -2.33. The molecule has 4 heteroatoms. The molecule has 1 saturated heterocycles. The van der Waals surface area contributed by atoms with Crippen LogP contribution in [0.2, 0.25) is 0 Å². The van der Waals surface area contributed by atoms with E-state index < -0.39 is 5.60 Å². The quantitative estimate of drug-likeness (QED) is 0.784. The van der Waals surface area contributed by atoms with Crippen LogP contribution in [0, 0.1) is 0 Å². The maximum atomic E-state index is 12.7. The fraction of sp³-hybridized carbons (Fsp3) is 0.409. The van der Waals surface area contributed by atoms with Crippen LogP contribution in [0.5, 0.6) is 5.75 Å². The number of esters is 1. The van der Waals surface area contributed by atoms with Crippen molar-refractivity contribution in [3.05, 3.63) is 54.1 Å². The first-order chi connectivity index (χ1) is 12.5. The second-order valence-electron chi connectivity index (χ2n) is 7.54. The first-order valence-corrected chi connectivity index (χ1v) is 9.31. The lowest BCUT2D eigenvalue weighted by atomic mass is 9.83. The maximum absolute atomic E-state index is 12.7. The molecule has 2 aromatic rings. The van der Waals surface area contributed by atoms with Gasteiger partial charge in [0.1, 0.15) is 17.5 Å². The smallest absolute Gasteiger partial charge is 0.310 e. The van der Waals surface area contributed by atoms with E-state index in [4.69, 9.17) is 9.47 Å². The molecule has 2 aromatic carbocycles. The first kappa shape index (κ1) is 17.1. The number of carbonyl (C=O) groups excluding carboxylic acids is 1. The highest BCUT2D eigenvalue weighted by Gasteiger charge is 2.39. The average Bonchev–Trinajstić information content (AvgIpc) is 2.64. The Morgan fingerprint density at radius 3 is 2.54 bits per heavy atom. The summed E-state index contributed by atoms with van der Waals surface area (Å²) in [5.74, 6) is 0.636. The van der Waals surface area contributed by atoms with E-state index in [0.29, 0.717) is 0 Å². The van der Waals surface area contributed by atoms with Crippen molar-refractivity contribution in [1.29, 1.82) is 0 Å². The van der Waals surface area contributed by atoms with Crippen LogP contribution < -0.4 is 4.74 Å². The van der Waals surface area contributed by atoms with E-state index in [1.54, 1.807) is 0 Å². The highest BCUT2D eigenvalue weighted by atomic mass is 16.5. The number of hydrogen-bond acceptors (Lipinski definition) is 4. The normalized spacial score (nSPS) is 22.8. The number of fused-ring (bicyclic) bond motifs is 3. The number of piperidine rings is 1. The molecule has 0 spiro atoms. The highest BCUT2D eigenvalue weighted by molar-refractivity contribution is 5.79. The Morgan fingerprint density at radius 1 is 1.12 bits per heavy atom. The molecule has 4 rings (SSSR count). The third-order valence-electron chi connectivity index (χ3n) is 5.45. The zero-order valence-corrected chi connectivity index (χ0v) is 15.4. The van der Waals surface area contributed by atoms with Gasteiger partial charge in [-0.05, 0) is 38.4 Å². The van der Waals surface area contributed by atoms with Crippen LogP contribution in [0.15, 0.2) is 48.5 Å². The van der Waals surface area contributed by atoms with Crippen LogP contribution in [-0.2, 0) is 15.1 Å². The highest BCUT2D eigenvalue weighted by Crippen LogP contribution is 2.46. The molecule has 136 valence electrons. The molecule has 0 saturated carbocycles. The van der Waals surface area contributed by atoms with Crippen molar-refractivity contribution in [3.8, 4) is 16.9 Å². The van der Waals surface area contributed by atoms with Crippen LogP contribution in [0.4, 0.5) is 0 Å². The van der Waals surface area contributed by atoms with Crippen LogP contribution in [0.25, 0.3) is 11.1 Å². The molecule has 26 heavy (non-hydrogen) atoms. The van der Waals surface area contributed by atoms with Crippen LogP contribution in [0.3, 0.4) is 0 Å². The predicted molar refractivity (Wildman–Crippen MR) is 101 cm³/mol. The average molecular weight is 351 g/mol. The van der Waals surface area contributed by atoms with E-state index in [1.807, 2.05) is 43.3 Å².